The Hall–Kier alpha value is -2.25. The fourth-order valence-electron chi connectivity index (χ4n) is 1.91. The highest BCUT2D eigenvalue weighted by molar-refractivity contribution is 7.17. The van der Waals surface area contributed by atoms with Crippen LogP contribution in [0, 0.1) is 0 Å². The van der Waals surface area contributed by atoms with Crippen LogP contribution in [0.5, 0.6) is 11.5 Å². The van der Waals surface area contributed by atoms with Crippen LogP contribution in [-0.2, 0) is 9.53 Å². The molecule has 0 radical (unpaired) electrons. The molecule has 0 saturated heterocycles. The molecule has 8 heteroatoms. The van der Waals surface area contributed by atoms with E-state index >= 15 is 0 Å². The summed E-state index contributed by atoms with van der Waals surface area (Å²) in [6.07, 6.45) is -0.950. The fourth-order valence-corrected chi connectivity index (χ4v) is 2.84. The summed E-state index contributed by atoms with van der Waals surface area (Å²) in [5.41, 5.74) is 0.529. The molecule has 3 rings (SSSR count). The van der Waals surface area contributed by atoms with Gasteiger partial charge in [0.25, 0.3) is 5.91 Å². The number of hydrogen-bond acceptors (Lipinski definition) is 6. The summed E-state index contributed by atoms with van der Waals surface area (Å²) in [4.78, 5) is 24.3. The second-order valence-electron chi connectivity index (χ2n) is 4.71. The summed E-state index contributed by atoms with van der Waals surface area (Å²) >= 11 is 6.86. The molecule has 1 N–H and O–H groups in total. The number of benzene rings is 1. The summed E-state index contributed by atoms with van der Waals surface area (Å²) in [5, 5.41) is 2.66. The molecule has 1 aromatic heterocycles. The van der Waals surface area contributed by atoms with Crippen LogP contribution >= 0.6 is 22.9 Å². The summed E-state index contributed by atoms with van der Waals surface area (Å²) in [6, 6.07) is 8.17. The van der Waals surface area contributed by atoms with Crippen molar-refractivity contribution in [1.29, 1.82) is 0 Å². The van der Waals surface area contributed by atoms with Gasteiger partial charge >= 0.3 is 5.97 Å². The van der Waals surface area contributed by atoms with Crippen molar-refractivity contribution in [2.45, 2.75) is 13.0 Å². The second-order valence-corrected chi connectivity index (χ2v) is 6.42. The summed E-state index contributed by atoms with van der Waals surface area (Å²) in [7, 11) is 0. The Morgan fingerprint density at radius 1 is 1.26 bits per heavy atom. The number of ether oxygens (including phenoxy) is 3. The number of carbonyl (C=O) groups is 2. The molecule has 1 aromatic carbocycles. The number of amides is 1. The van der Waals surface area contributed by atoms with Gasteiger partial charge in [-0.2, -0.15) is 0 Å². The lowest BCUT2D eigenvalue weighted by atomic mass is 10.2. The molecule has 1 aliphatic rings. The molecule has 0 saturated carbocycles. The van der Waals surface area contributed by atoms with Crippen LogP contribution in [0.15, 0.2) is 30.3 Å². The van der Waals surface area contributed by atoms with E-state index in [1.807, 2.05) is 0 Å². The van der Waals surface area contributed by atoms with Gasteiger partial charge in [0.1, 0.15) is 4.88 Å². The highest BCUT2D eigenvalue weighted by atomic mass is 35.5. The van der Waals surface area contributed by atoms with E-state index < -0.39 is 18.0 Å². The zero-order chi connectivity index (χ0) is 16.4. The predicted octanol–water partition coefficient (Wildman–Crippen LogP) is 3.31. The number of carbonyl (C=O) groups excluding carboxylic acids is 2. The summed E-state index contributed by atoms with van der Waals surface area (Å²) < 4.78 is 16.0. The number of nitrogens with one attached hydrogen (secondary N) is 1. The largest absolute Gasteiger partial charge is 0.454 e. The zero-order valence-electron chi connectivity index (χ0n) is 12.0. The van der Waals surface area contributed by atoms with Crippen LogP contribution in [0.4, 0.5) is 5.69 Å². The number of thiophene rings is 1. The van der Waals surface area contributed by atoms with Crippen molar-refractivity contribution < 1.29 is 23.8 Å². The van der Waals surface area contributed by atoms with E-state index in [-0.39, 0.29) is 6.79 Å². The van der Waals surface area contributed by atoms with Gasteiger partial charge in [-0.05, 0) is 31.2 Å². The minimum absolute atomic E-state index is 0.157. The first kappa shape index (κ1) is 15.6. The predicted molar refractivity (Wildman–Crippen MR) is 85.4 cm³/mol. The molecule has 1 atom stereocenters. The van der Waals surface area contributed by atoms with E-state index in [1.54, 1.807) is 30.3 Å². The maximum atomic E-state index is 12.1. The molecule has 0 spiro atoms. The third kappa shape index (κ3) is 3.57. The van der Waals surface area contributed by atoms with E-state index in [4.69, 9.17) is 25.8 Å². The molecule has 2 heterocycles. The normalized spacial score (nSPS) is 13.5. The number of anilines is 1. The Morgan fingerprint density at radius 2 is 2.04 bits per heavy atom. The van der Waals surface area contributed by atoms with Crippen molar-refractivity contribution >= 4 is 40.5 Å². The Balaban J connectivity index is 1.60. The molecule has 2 aromatic rings. The number of halogens is 1. The van der Waals surface area contributed by atoms with E-state index in [0.717, 1.165) is 11.3 Å². The monoisotopic (exact) mass is 353 g/mol. The highest BCUT2D eigenvalue weighted by Gasteiger charge is 2.21. The van der Waals surface area contributed by atoms with Crippen LogP contribution in [0.1, 0.15) is 16.6 Å². The zero-order valence-corrected chi connectivity index (χ0v) is 13.6. The molecular formula is C15H12ClNO5S. The van der Waals surface area contributed by atoms with Gasteiger partial charge in [0.2, 0.25) is 6.79 Å². The average molecular weight is 354 g/mol. The van der Waals surface area contributed by atoms with E-state index in [9.17, 15) is 9.59 Å². The van der Waals surface area contributed by atoms with Gasteiger partial charge in [-0.15, -0.1) is 11.3 Å². The number of hydrogen-bond donors (Lipinski definition) is 1. The Kier molecular flexibility index (Phi) is 4.40. The number of esters is 1. The molecule has 0 fully saturated rings. The Labute approximate surface area is 140 Å². The van der Waals surface area contributed by atoms with Crippen molar-refractivity contribution in [3.63, 3.8) is 0 Å². The lowest BCUT2D eigenvalue weighted by Crippen LogP contribution is -2.29. The van der Waals surface area contributed by atoms with E-state index in [1.165, 1.54) is 6.92 Å². The van der Waals surface area contributed by atoms with Crippen LogP contribution in [0.3, 0.4) is 0 Å². The van der Waals surface area contributed by atoms with Crippen LogP contribution in [-0.4, -0.2) is 24.8 Å². The first-order chi connectivity index (χ1) is 11.0. The first-order valence-electron chi connectivity index (χ1n) is 6.70. The van der Waals surface area contributed by atoms with Crippen LogP contribution in [0.2, 0.25) is 4.34 Å². The van der Waals surface area contributed by atoms with Crippen LogP contribution in [0.25, 0.3) is 0 Å². The quantitative estimate of drug-likeness (QED) is 0.853. The molecule has 0 bridgehead atoms. The third-order valence-corrected chi connectivity index (χ3v) is 4.28. The molecule has 23 heavy (non-hydrogen) atoms. The summed E-state index contributed by atoms with van der Waals surface area (Å²) in [5.74, 6) is 0.146. The van der Waals surface area contributed by atoms with Gasteiger partial charge in [-0.3, -0.25) is 4.79 Å². The standard InChI is InChI=1S/C15H12ClNO5S/c1-8(22-15(19)12-4-5-13(16)23-12)14(18)17-9-2-3-10-11(6-9)21-7-20-10/h2-6,8H,7H2,1H3,(H,17,18)/t8-/m0/s1. The Morgan fingerprint density at radius 3 is 2.78 bits per heavy atom. The van der Waals surface area contributed by atoms with E-state index in [0.29, 0.717) is 26.4 Å². The minimum atomic E-state index is -0.950. The topological polar surface area (TPSA) is 73.9 Å². The van der Waals surface area contributed by atoms with Gasteiger partial charge in [0.15, 0.2) is 17.6 Å². The highest BCUT2D eigenvalue weighted by Crippen LogP contribution is 2.34. The lowest BCUT2D eigenvalue weighted by molar-refractivity contribution is -0.123. The smallest absolute Gasteiger partial charge is 0.349 e. The average Bonchev–Trinajstić information content (AvgIpc) is 3.15. The second kappa shape index (κ2) is 6.47. The van der Waals surface area contributed by atoms with Crippen molar-refractivity contribution in [3.8, 4) is 11.5 Å². The van der Waals surface area contributed by atoms with Crippen molar-refractivity contribution in [3.05, 3.63) is 39.5 Å². The minimum Gasteiger partial charge on any atom is -0.454 e. The molecule has 120 valence electrons. The lowest BCUT2D eigenvalue weighted by Gasteiger charge is -2.13. The van der Waals surface area contributed by atoms with Crippen LogP contribution < -0.4 is 14.8 Å². The van der Waals surface area contributed by atoms with Gasteiger partial charge in [-0.1, -0.05) is 11.6 Å². The molecule has 6 nitrogen and oxygen atoms in total. The van der Waals surface area contributed by atoms with Crippen molar-refractivity contribution in [1.82, 2.24) is 0 Å². The van der Waals surface area contributed by atoms with Gasteiger partial charge in [0, 0.05) is 11.8 Å². The molecule has 0 unspecified atom stereocenters. The molecule has 0 aliphatic carbocycles. The first-order valence-corrected chi connectivity index (χ1v) is 7.89. The Bertz CT molecular complexity index is 760. The van der Waals surface area contributed by atoms with Gasteiger partial charge in [-0.25, -0.2) is 4.79 Å². The van der Waals surface area contributed by atoms with Crippen molar-refractivity contribution in [2.24, 2.45) is 0 Å². The summed E-state index contributed by atoms with van der Waals surface area (Å²) in [6.45, 7) is 1.65. The number of rotatable bonds is 4. The molecule has 1 amide bonds. The molecular weight excluding hydrogens is 342 g/mol. The van der Waals surface area contributed by atoms with Gasteiger partial charge in [0.05, 0.1) is 4.34 Å². The van der Waals surface area contributed by atoms with Crippen molar-refractivity contribution in [2.75, 3.05) is 12.1 Å². The third-order valence-electron chi connectivity index (χ3n) is 3.07. The van der Waals surface area contributed by atoms with Gasteiger partial charge < -0.3 is 19.5 Å². The number of fused-ring (bicyclic) bond motifs is 1. The fraction of sp³-hybridized carbons (Fsp3) is 0.200. The maximum Gasteiger partial charge on any atom is 0.349 e. The maximum absolute atomic E-state index is 12.1. The SMILES string of the molecule is C[C@H](OC(=O)c1ccc(Cl)s1)C(=O)Nc1ccc2c(c1)OCO2. The molecule has 1 aliphatic heterocycles. The van der Waals surface area contributed by atoms with E-state index in [2.05, 4.69) is 5.32 Å².